The number of hydrogen-bond donors (Lipinski definition) is 1. The van der Waals surface area contributed by atoms with E-state index in [-0.39, 0.29) is 11.7 Å². The molecule has 1 heterocycles. The van der Waals surface area contributed by atoms with Crippen molar-refractivity contribution in [2.75, 3.05) is 26.6 Å². The summed E-state index contributed by atoms with van der Waals surface area (Å²) in [6.45, 7) is 0. The van der Waals surface area contributed by atoms with Gasteiger partial charge in [-0.3, -0.25) is 4.79 Å². The molecule has 27 heavy (non-hydrogen) atoms. The number of amides is 1. The number of benzene rings is 2. The van der Waals surface area contributed by atoms with E-state index < -0.39 is 0 Å². The molecule has 0 aliphatic heterocycles. The third-order valence-electron chi connectivity index (χ3n) is 4.07. The Morgan fingerprint density at radius 1 is 0.926 bits per heavy atom. The molecule has 3 rings (SSSR count). The summed E-state index contributed by atoms with van der Waals surface area (Å²) in [6.07, 6.45) is 0.479. The first-order chi connectivity index (χ1) is 13.1. The van der Waals surface area contributed by atoms with Gasteiger partial charge in [-0.25, -0.2) is 0 Å². The largest absolute Gasteiger partial charge is 0.497 e. The molecule has 0 fully saturated rings. The molecule has 0 spiro atoms. The van der Waals surface area contributed by atoms with E-state index in [1.54, 1.807) is 51.7 Å². The molecule has 0 saturated carbocycles. The minimum Gasteiger partial charge on any atom is -0.497 e. The highest BCUT2D eigenvalue weighted by molar-refractivity contribution is 6.02. The lowest BCUT2D eigenvalue weighted by molar-refractivity contribution is 0.0995. The van der Waals surface area contributed by atoms with Crippen LogP contribution in [0.3, 0.4) is 0 Å². The van der Waals surface area contributed by atoms with Crippen molar-refractivity contribution in [1.29, 1.82) is 0 Å². The summed E-state index contributed by atoms with van der Waals surface area (Å²) in [7, 11) is 4.80. The molecule has 0 aliphatic carbocycles. The summed E-state index contributed by atoms with van der Waals surface area (Å²) in [6, 6.07) is 16.1. The van der Waals surface area contributed by atoms with Crippen molar-refractivity contribution < 1.29 is 23.4 Å². The Bertz CT molecular complexity index is 932. The first-order valence-electron chi connectivity index (χ1n) is 8.38. The van der Waals surface area contributed by atoms with E-state index in [4.69, 9.17) is 18.6 Å². The summed E-state index contributed by atoms with van der Waals surface area (Å²) in [5, 5.41) is 2.79. The molecule has 140 valence electrons. The molecule has 0 bridgehead atoms. The fraction of sp³-hybridized carbons (Fsp3) is 0.190. The first kappa shape index (κ1) is 18.4. The highest BCUT2D eigenvalue weighted by atomic mass is 16.5. The zero-order valence-corrected chi connectivity index (χ0v) is 15.4. The van der Waals surface area contributed by atoms with Gasteiger partial charge >= 0.3 is 0 Å². The zero-order valence-electron chi connectivity index (χ0n) is 15.4. The predicted octanol–water partition coefficient (Wildman–Crippen LogP) is 4.15. The van der Waals surface area contributed by atoms with Gasteiger partial charge in [-0.15, -0.1) is 0 Å². The molecule has 0 saturated heterocycles. The molecular formula is C21H21NO5. The maximum atomic E-state index is 12.4. The number of carbonyl (C=O) groups is 1. The molecule has 2 aromatic carbocycles. The first-order valence-corrected chi connectivity index (χ1v) is 8.38. The van der Waals surface area contributed by atoms with Crippen LogP contribution in [0.5, 0.6) is 17.2 Å². The van der Waals surface area contributed by atoms with Gasteiger partial charge in [0.1, 0.15) is 23.0 Å². The Morgan fingerprint density at radius 3 is 2.44 bits per heavy atom. The minimum atomic E-state index is -0.327. The Morgan fingerprint density at radius 2 is 1.70 bits per heavy atom. The van der Waals surface area contributed by atoms with Crippen LogP contribution in [0.15, 0.2) is 59.0 Å². The number of nitrogens with one attached hydrogen (secondary N) is 1. The van der Waals surface area contributed by atoms with Crippen molar-refractivity contribution in [3.05, 3.63) is 71.7 Å². The van der Waals surface area contributed by atoms with Crippen LogP contribution in [-0.4, -0.2) is 27.2 Å². The Kier molecular flexibility index (Phi) is 5.66. The van der Waals surface area contributed by atoms with Crippen LogP contribution in [0.4, 0.5) is 5.69 Å². The normalized spacial score (nSPS) is 10.3. The van der Waals surface area contributed by atoms with Gasteiger partial charge in [0.2, 0.25) is 0 Å². The Labute approximate surface area is 157 Å². The fourth-order valence-electron chi connectivity index (χ4n) is 2.70. The summed E-state index contributed by atoms with van der Waals surface area (Å²) >= 11 is 0. The SMILES string of the molecule is COc1cccc(NC(=O)c2ccc(Cc3cc(OC)ccc3OC)o2)c1. The van der Waals surface area contributed by atoms with E-state index in [0.29, 0.717) is 23.6 Å². The average Bonchev–Trinajstić information content (AvgIpc) is 3.16. The maximum absolute atomic E-state index is 12.4. The van der Waals surface area contributed by atoms with Gasteiger partial charge in [-0.2, -0.15) is 0 Å². The lowest BCUT2D eigenvalue weighted by atomic mass is 10.1. The van der Waals surface area contributed by atoms with Crippen LogP contribution >= 0.6 is 0 Å². The highest BCUT2D eigenvalue weighted by Gasteiger charge is 2.14. The van der Waals surface area contributed by atoms with Crippen LogP contribution in [0.1, 0.15) is 21.9 Å². The molecule has 3 aromatic rings. The zero-order chi connectivity index (χ0) is 19.2. The molecule has 6 heteroatoms. The molecule has 1 N–H and O–H groups in total. The smallest absolute Gasteiger partial charge is 0.291 e. The molecular weight excluding hydrogens is 346 g/mol. The number of anilines is 1. The van der Waals surface area contributed by atoms with Crippen LogP contribution in [0.25, 0.3) is 0 Å². The molecule has 0 radical (unpaired) electrons. The average molecular weight is 367 g/mol. The van der Waals surface area contributed by atoms with E-state index in [9.17, 15) is 4.79 Å². The molecule has 0 atom stereocenters. The number of rotatable bonds is 7. The molecule has 1 amide bonds. The van der Waals surface area contributed by atoms with E-state index in [1.165, 1.54) is 0 Å². The van der Waals surface area contributed by atoms with Crippen molar-refractivity contribution in [2.24, 2.45) is 0 Å². The second-order valence-electron chi connectivity index (χ2n) is 5.81. The monoisotopic (exact) mass is 367 g/mol. The predicted molar refractivity (Wildman–Crippen MR) is 102 cm³/mol. The third-order valence-corrected chi connectivity index (χ3v) is 4.07. The number of carbonyl (C=O) groups excluding carboxylic acids is 1. The molecule has 0 aliphatic rings. The second-order valence-corrected chi connectivity index (χ2v) is 5.81. The third kappa shape index (κ3) is 4.41. The quantitative estimate of drug-likeness (QED) is 0.679. The van der Waals surface area contributed by atoms with Crippen LogP contribution < -0.4 is 19.5 Å². The maximum Gasteiger partial charge on any atom is 0.291 e. The standard InChI is InChI=1S/C21H21NO5/c1-24-16-6-4-5-15(13-16)22-21(23)20-10-8-18(27-20)12-14-11-17(25-2)7-9-19(14)26-3/h4-11,13H,12H2,1-3H3,(H,22,23). The number of hydrogen-bond acceptors (Lipinski definition) is 5. The van der Waals surface area contributed by atoms with Crippen molar-refractivity contribution in [3.63, 3.8) is 0 Å². The van der Waals surface area contributed by atoms with Gasteiger partial charge in [0, 0.05) is 23.7 Å². The molecule has 6 nitrogen and oxygen atoms in total. The van der Waals surface area contributed by atoms with Gasteiger partial charge in [-0.05, 0) is 42.5 Å². The van der Waals surface area contributed by atoms with E-state index in [1.807, 2.05) is 24.3 Å². The molecule has 0 unspecified atom stereocenters. The minimum absolute atomic E-state index is 0.231. The summed E-state index contributed by atoms with van der Waals surface area (Å²) in [5.41, 5.74) is 1.54. The topological polar surface area (TPSA) is 69.9 Å². The van der Waals surface area contributed by atoms with E-state index >= 15 is 0 Å². The van der Waals surface area contributed by atoms with E-state index in [0.717, 1.165) is 17.1 Å². The van der Waals surface area contributed by atoms with Gasteiger partial charge in [0.15, 0.2) is 5.76 Å². The summed E-state index contributed by atoms with van der Waals surface area (Å²) in [5.74, 6) is 2.68. The highest BCUT2D eigenvalue weighted by Crippen LogP contribution is 2.27. The Balaban J connectivity index is 1.73. The van der Waals surface area contributed by atoms with Crippen molar-refractivity contribution in [1.82, 2.24) is 0 Å². The van der Waals surface area contributed by atoms with Gasteiger partial charge in [0.05, 0.1) is 21.3 Å². The van der Waals surface area contributed by atoms with Crippen LogP contribution in [0, 0.1) is 0 Å². The second kappa shape index (κ2) is 8.31. The number of methoxy groups -OCH3 is 3. The van der Waals surface area contributed by atoms with Crippen molar-refractivity contribution in [2.45, 2.75) is 6.42 Å². The Hall–Kier alpha value is -3.41. The van der Waals surface area contributed by atoms with Crippen LogP contribution in [0.2, 0.25) is 0 Å². The van der Waals surface area contributed by atoms with E-state index in [2.05, 4.69) is 5.32 Å². The van der Waals surface area contributed by atoms with Crippen molar-refractivity contribution >= 4 is 11.6 Å². The van der Waals surface area contributed by atoms with Gasteiger partial charge in [0.25, 0.3) is 5.91 Å². The van der Waals surface area contributed by atoms with Gasteiger partial charge < -0.3 is 23.9 Å². The fourth-order valence-corrected chi connectivity index (χ4v) is 2.70. The van der Waals surface area contributed by atoms with Crippen molar-refractivity contribution in [3.8, 4) is 17.2 Å². The summed E-state index contributed by atoms with van der Waals surface area (Å²) in [4.78, 5) is 12.4. The summed E-state index contributed by atoms with van der Waals surface area (Å²) < 4.78 is 21.5. The lowest BCUT2D eigenvalue weighted by Gasteiger charge is -2.09. The lowest BCUT2D eigenvalue weighted by Crippen LogP contribution is -2.10. The number of ether oxygens (including phenoxy) is 3. The van der Waals surface area contributed by atoms with Gasteiger partial charge in [-0.1, -0.05) is 6.07 Å². The van der Waals surface area contributed by atoms with Crippen LogP contribution in [-0.2, 0) is 6.42 Å². The molecule has 1 aromatic heterocycles. The number of furan rings is 1.